The van der Waals surface area contributed by atoms with Gasteiger partial charge >= 0.3 is 0 Å². The molecule has 0 saturated heterocycles. The Morgan fingerprint density at radius 1 is 1.44 bits per heavy atom. The van der Waals surface area contributed by atoms with E-state index in [1.54, 1.807) is 19.1 Å². The molecule has 0 aliphatic carbocycles. The van der Waals surface area contributed by atoms with Gasteiger partial charge in [0.25, 0.3) is 0 Å². The topological polar surface area (TPSA) is 78.8 Å². The lowest BCUT2D eigenvalue weighted by Crippen LogP contribution is -2.17. The summed E-state index contributed by atoms with van der Waals surface area (Å²) in [4.78, 5) is 2.01. The number of phenolic OH excluding ortho intramolecular Hbond substituents is 1. The summed E-state index contributed by atoms with van der Waals surface area (Å²) in [6.07, 6.45) is 1.01. The van der Waals surface area contributed by atoms with Crippen molar-refractivity contribution in [2.45, 2.75) is 13.8 Å². The van der Waals surface area contributed by atoms with Crippen LogP contribution in [0, 0.1) is 6.92 Å². The summed E-state index contributed by atoms with van der Waals surface area (Å²) < 4.78 is 21.7. The van der Waals surface area contributed by atoms with Crippen LogP contribution in [0.25, 0.3) is 0 Å². The largest absolute Gasteiger partial charge is 0.507 e. The van der Waals surface area contributed by atoms with Gasteiger partial charge < -0.3 is 5.11 Å². The second-order valence-corrected chi connectivity index (χ2v) is 5.31. The van der Waals surface area contributed by atoms with Gasteiger partial charge in [-0.05, 0) is 31.5 Å². The van der Waals surface area contributed by atoms with Gasteiger partial charge in [-0.3, -0.25) is 0 Å². The molecule has 0 saturated carbocycles. The van der Waals surface area contributed by atoms with Crippen molar-refractivity contribution >= 4 is 15.7 Å². The molecular formula is C10H14N2O3S. The number of aromatic hydroxyl groups is 1. The van der Waals surface area contributed by atoms with Crippen molar-refractivity contribution in [2.75, 3.05) is 6.26 Å². The van der Waals surface area contributed by atoms with E-state index in [2.05, 4.69) is 5.10 Å². The van der Waals surface area contributed by atoms with E-state index in [0.717, 1.165) is 11.8 Å². The first-order valence-electron chi connectivity index (χ1n) is 4.60. The first-order chi connectivity index (χ1) is 7.29. The van der Waals surface area contributed by atoms with Gasteiger partial charge in [-0.25, -0.2) is 13.2 Å². The van der Waals surface area contributed by atoms with E-state index in [4.69, 9.17) is 0 Å². The third kappa shape index (κ3) is 3.54. The van der Waals surface area contributed by atoms with Crippen LogP contribution in [0.3, 0.4) is 0 Å². The van der Waals surface area contributed by atoms with E-state index < -0.39 is 10.0 Å². The van der Waals surface area contributed by atoms with E-state index in [0.29, 0.717) is 11.3 Å². The predicted molar refractivity (Wildman–Crippen MR) is 63.0 cm³/mol. The van der Waals surface area contributed by atoms with Gasteiger partial charge in [0.05, 0.1) is 12.0 Å². The van der Waals surface area contributed by atoms with Crippen LogP contribution in [0.5, 0.6) is 5.75 Å². The molecule has 0 heterocycles. The fourth-order valence-corrected chi connectivity index (χ4v) is 1.46. The first-order valence-corrected chi connectivity index (χ1v) is 6.50. The predicted octanol–water partition coefficient (Wildman–Crippen LogP) is 0.974. The van der Waals surface area contributed by atoms with Crippen molar-refractivity contribution in [1.82, 2.24) is 4.83 Å². The Hall–Kier alpha value is -1.56. The number of nitrogens with zero attached hydrogens (tertiary/aromatic N) is 1. The van der Waals surface area contributed by atoms with Crippen molar-refractivity contribution in [3.05, 3.63) is 29.3 Å². The zero-order chi connectivity index (χ0) is 12.3. The summed E-state index contributed by atoms with van der Waals surface area (Å²) in [6.45, 7) is 3.47. The Balaban J connectivity index is 3.01. The summed E-state index contributed by atoms with van der Waals surface area (Å²) in [7, 11) is -3.37. The number of hydrogen-bond donors (Lipinski definition) is 2. The summed E-state index contributed by atoms with van der Waals surface area (Å²) in [5.74, 6) is 0.0801. The van der Waals surface area contributed by atoms with E-state index in [9.17, 15) is 13.5 Å². The molecule has 1 aromatic rings. The van der Waals surface area contributed by atoms with Gasteiger partial charge in [0.1, 0.15) is 5.75 Å². The fraction of sp³-hybridized carbons (Fsp3) is 0.300. The highest BCUT2D eigenvalue weighted by Gasteiger charge is 2.05. The third-order valence-corrected chi connectivity index (χ3v) is 2.35. The summed E-state index contributed by atoms with van der Waals surface area (Å²) in [5, 5.41) is 13.3. The minimum Gasteiger partial charge on any atom is -0.507 e. The van der Waals surface area contributed by atoms with Crippen LogP contribution in [0.1, 0.15) is 18.1 Å². The lowest BCUT2D eigenvalue weighted by atomic mass is 10.1. The van der Waals surface area contributed by atoms with Gasteiger partial charge in [0.15, 0.2) is 0 Å². The molecule has 2 N–H and O–H groups in total. The molecule has 0 radical (unpaired) electrons. The van der Waals surface area contributed by atoms with E-state index in [-0.39, 0.29) is 5.75 Å². The van der Waals surface area contributed by atoms with Crippen LogP contribution in [-0.4, -0.2) is 25.5 Å². The molecule has 0 unspecified atom stereocenters. The molecule has 0 aliphatic heterocycles. The van der Waals surface area contributed by atoms with Gasteiger partial charge in [0.2, 0.25) is 10.0 Å². The normalized spacial score (nSPS) is 12.6. The SMILES string of the molecule is C/C(=N\NS(C)(=O)=O)c1ccc(C)cc1O. The summed E-state index contributed by atoms with van der Waals surface area (Å²) in [6, 6.07) is 5.09. The molecule has 88 valence electrons. The molecule has 5 nitrogen and oxygen atoms in total. The van der Waals surface area contributed by atoms with Crippen molar-refractivity contribution < 1.29 is 13.5 Å². The average molecular weight is 242 g/mol. The Morgan fingerprint density at radius 3 is 2.56 bits per heavy atom. The van der Waals surface area contributed by atoms with E-state index >= 15 is 0 Å². The van der Waals surface area contributed by atoms with Crippen LogP contribution in [0.2, 0.25) is 0 Å². The fourth-order valence-electron chi connectivity index (χ4n) is 1.16. The standard InChI is InChI=1S/C10H14N2O3S/c1-7-4-5-9(10(13)6-7)8(2)11-12-16(3,14)15/h4-6,12-13H,1-3H3/b11-8+. The molecule has 0 atom stereocenters. The van der Waals surface area contributed by atoms with Crippen LogP contribution in [0.4, 0.5) is 0 Å². The van der Waals surface area contributed by atoms with Crippen LogP contribution >= 0.6 is 0 Å². The number of hydrogen-bond acceptors (Lipinski definition) is 4. The monoisotopic (exact) mass is 242 g/mol. The molecule has 0 aliphatic rings. The van der Waals surface area contributed by atoms with Crippen molar-refractivity contribution in [3.63, 3.8) is 0 Å². The molecular weight excluding hydrogens is 228 g/mol. The molecule has 1 aromatic carbocycles. The Morgan fingerprint density at radius 2 is 2.06 bits per heavy atom. The zero-order valence-corrected chi connectivity index (χ0v) is 10.2. The van der Waals surface area contributed by atoms with Crippen molar-refractivity contribution in [1.29, 1.82) is 0 Å². The highest BCUT2D eigenvalue weighted by atomic mass is 32.2. The van der Waals surface area contributed by atoms with Gasteiger partial charge in [-0.15, -0.1) is 0 Å². The molecule has 0 spiro atoms. The maximum atomic E-state index is 10.8. The van der Waals surface area contributed by atoms with Crippen LogP contribution in [-0.2, 0) is 10.0 Å². The lowest BCUT2D eigenvalue weighted by Gasteiger charge is -2.05. The summed E-state index contributed by atoms with van der Waals surface area (Å²) in [5.41, 5.74) is 1.83. The van der Waals surface area contributed by atoms with Crippen molar-refractivity contribution in [2.24, 2.45) is 5.10 Å². The Bertz CT molecular complexity index is 521. The third-order valence-electron chi connectivity index (χ3n) is 1.92. The highest BCUT2D eigenvalue weighted by molar-refractivity contribution is 7.88. The van der Waals surface area contributed by atoms with Gasteiger partial charge in [0, 0.05) is 5.56 Å². The molecule has 1 rings (SSSR count). The van der Waals surface area contributed by atoms with E-state index in [1.807, 2.05) is 17.8 Å². The Kier molecular flexibility index (Phi) is 3.54. The number of aryl methyl sites for hydroxylation is 1. The number of rotatable bonds is 3. The zero-order valence-electron chi connectivity index (χ0n) is 9.35. The molecule has 0 fully saturated rings. The second-order valence-electron chi connectivity index (χ2n) is 3.58. The minimum absolute atomic E-state index is 0.0801. The first kappa shape index (κ1) is 12.5. The highest BCUT2D eigenvalue weighted by Crippen LogP contribution is 2.18. The molecule has 0 aromatic heterocycles. The lowest BCUT2D eigenvalue weighted by molar-refractivity contribution is 0.473. The smallest absolute Gasteiger partial charge is 0.244 e. The number of phenols is 1. The van der Waals surface area contributed by atoms with Crippen molar-refractivity contribution in [3.8, 4) is 5.75 Å². The second kappa shape index (κ2) is 4.52. The van der Waals surface area contributed by atoms with Crippen LogP contribution < -0.4 is 4.83 Å². The number of nitrogens with one attached hydrogen (secondary N) is 1. The maximum Gasteiger partial charge on any atom is 0.244 e. The quantitative estimate of drug-likeness (QED) is 0.612. The number of benzene rings is 1. The maximum absolute atomic E-state index is 10.8. The molecule has 16 heavy (non-hydrogen) atoms. The average Bonchev–Trinajstić information content (AvgIpc) is 2.13. The molecule has 0 bridgehead atoms. The summed E-state index contributed by atoms with van der Waals surface area (Å²) >= 11 is 0. The minimum atomic E-state index is -3.37. The van der Waals surface area contributed by atoms with Crippen LogP contribution in [0.15, 0.2) is 23.3 Å². The molecule has 6 heteroatoms. The number of hydrazone groups is 1. The van der Waals surface area contributed by atoms with Gasteiger partial charge in [-0.1, -0.05) is 6.07 Å². The Labute approximate surface area is 94.9 Å². The number of sulfonamides is 1. The van der Waals surface area contributed by atoms with Gasteiger partial charge in [-0.2, -0.15) is 5.10 Å². The molecule has 0 amide bonds. The van der Waals surface area contributed by atoms with E-state index in [1.165, 1.54) is 0 Å².